The second-order valence-corrected chi connectivity index (χ2v) is 4.62. The highest BCUT2D eigenvalue weighted by atomic mass is 35.5. The maximum Gasteiger partial charge on any atom is 0.141 e. The topological polar surface area (TPSA) is 26.0 Å². The predicted octanol–water partition coefficient (Wildman–Crippen LogP) is 3.91. The highest BCUT2D eigenvalue weighted by molar-refractivity contribution is 6.30. The molecule has 18 heavy (non-hydrogen) atoms. The van der Waals surface area contributed by atoms with Crippen LogP contribution in [-0.4, -0.2) is 0 Å². The predicted molar refractivity (Wildman–Crippen MR) is 72.8 cm³/mol. The number of benzene rings is 2. The second-order valence-electron chi connectivity index (χ2n) is 4.22. The lowest BCUT2D eigenvalue weighted by Gasteiger charge is -2.29. The molecule has 3 heteroatoms. The molecule has 2 aromatic rings. The van der Waals surface area contributed by atoms with Gasteiger partial charge in [-0.1, -0.05) is 54.9 Å². The quantitative estimate of drug-likeness (QED) is 0.892. The van der Waals surface area contributed by atoms with Gasteiger partial charge in [0.2, 0.25) is 0 Å². The van der Waals surface area contributed by atoms with Crippen LogP contribution in [0.2, 0.25) is 5.02 Å². The van der Waals surface area contributed by atoms with Crippen LogP contribution in [0, 0.1) is 12.7 Å². The zero-order valence-corrected chi connectivity index (χ0v) is 10.6. The van der Waals surface area contributed by atoms with E-state index in [-0.39, 0.29) is 5.02 Å². The molecule has 0 saturated heterocycles. The molecule has 2 rings (SSSR count). The van der Waals surface area contributed by atoms with Crippen molar-refractivity contribution in [3.8, 4) is 0 Å². The van der Waals surface area contributed by atoms with Gasteiger partial charge >= 0.3 is 0 Å². The first kappa shape index (κ1) is 13.1. The molecule has 1 radical (unpaired) electrons. The molecule has 0 aliphatic rings. The first-order valence-corrected chi connectivity index (χ1v) is 6.05. The Labute approximate surface area is 111 Å². The molecule has 0 bridgehead atoms. The van der Waals surface area contributed by atoms with Crippen molar-refractivity contribution in [3.05, 3.63) is 77.4 Å². The summed E-state index contributed by atoms with van der Waals surface area (Å²) in [5.41, 5.74) is 7.36. The van der Waals surface area contributed by atoms with Crippen molar-refractivity contribution in [1.82, 2.24) is 0 Å². The van der Waals surface area contributed by atoms with E-state index in [0.717, 1.165) is 11.1 Å². The average molecular weight is 263 g/mol. The third kappa shape index (κ3) is 2.26. The Balaban J connectivity index is 2.53. The molecule has 2 N–H and O–H groups in total. The highest BCUT2D eigenvalue weighted by Crippen LogP contribution is 2.32. The Morgan fingerprint density at radius 1 is 1.11 bits per heavy atom. The molecular formula is C15H14ClFN. The number of nitrogens with two attached hydrogens (primary N) is 1. The number of halogens is 2. The van der Waals surface area contributed by atoms with E-state index >= 15 is 0 Å². The Bertz CT molecular complexity index is 541. The number of hydrogen-bond donors (Lipinski definition) is 1. The molecule has 1 atom stereocenters. The zero-order chi connectivity index (χ0) is 13.2. The molecule has 0 aromatic heterocycles. The maximum absolute atomic E-state index is 13.2. The van der Waals surface area contributed by atoms with Gasteiger partial charge in [0.25, 0.3) is 0 Å². The van der Waals surface area contributed by atoms with Gasteiger partial charge in [-0.2, -0.15) is 0 Å². The van der Waals surface area contributed by atoms with Gasteiger partial charge in [0.05, 0.1) is 10.6 Å². The van der Waals surface area contributed by atoms with Gasteiger partial charge < -0.3 is 5.73 Å². The van der Waals surface area contributed by atoms with Crippen molar-refractivity contribution < 1.29 is 4.39 Å². The molecule has 0 fully saturated rings. The van der Waals surface area contributed by atoms with Crippen LogP contribution < -0.4 is 5.73 Å². The largest absolute Gasteiger partial charge is 0.318 e. The molecule has 1 nitrogen and oxygen atoms in total. The first-order valence-electron chi connectivity index (χ1n) is 5.67. The van der Waals surface area contributed by atoms with Crippen LogP contribution in [0.5, 0.6) is 0 Å². The van der Waals surface area contributed by atoms with Crippen LogP contribution in [0.25, 0.3) is 0 Å². The lowest BCUT2D eigenvalue weighted by Crippen LogP contribution is -2.37. The zero-order valence-electron chi connectivity index (χ0n) is 9.87. The van der Waals surface area contributed by atoms with E-state index < -0.39 is 11.4 Å². The number of hydrogen-bond acceptors (Lipinski definition) is 1. The van der Waals surface area contributed by atoms with Crippen LogP contribution in [0.1, 0.15) is 17.5 Å². The molecule has 0 saturated carbocycles. The van der Waals surface area contributed by atoms with Gasteiger partial charge in [-0.3, -0.25) is 0 Å². The summed E-state index contributed by atoms with van der Waals surface area (Å²) in [7, 11) is 0. The van der Waals surface area contributed by atoms with Crippen molar-refractivity contribution in [1.29, 1.82) is 0 Å². The van der Waals surface area contributed by atoms with E-state index in [0.29, 0.717) is 6.42 Å². The molecule has 93 valence electrons. The van der Waals surface area contributed by atoms with E-state index in [1.807, 2.05) is 30.3 Å². The summed E-state index contributed by atoms with van der Waals surface area (Å²) in [5, 5.41) is 0.0757. The molecule has 0 spiro atoms. The standard InChI is InChI=1S/C15H14ClFN/c1-2-15(18,11-6-4-3-5-7-11)12-8-9-14(17)13(16)10-12/h3-10H,1-2,18H2. The van der Waals surface area contributed by atoms with E-state index in [1.165, 1.54) is 6.07 Å². The van der Waals surface area contributed by atoms with Crippen molar-refractivity contribution in [2.75, 3.05) is 0 Å². The normalized spacial score (nSPS) is 14.2. The average Bonchev–Trinajstić information content (AvgIpc) is 2.42. The summed E-state index contributed by atoms with van der Waals surface area (Å²) in [6.45, 7) is 3.90. The van der Waals surface area contributed by atoms with Gasteiger partial charge in [-0.05, 0) is 29.7 Å². The minimum atomic E-state index is -0.751. The smallest absolute Gasteiger partial charge is 0.141 e. The van der Waals surface area contributed by atoms with Gasteiger partial charge in [0.1, 0.15) is 5.82 Å². The van der Waals surface area contributed by atoms with E-state index in [2.05, 4.69) is 6.92 Å². The van der Waals surface area contributed by atoms with E-state index in [9.17, 15) is 4.39 Å². The Kier molecular flexibility index (Phi) is 3.69. The summed E-state index contributed by atoms with van der Waals surface area (Å²) in [6.07, 6.45) is 0.457. The molecular weight excluding hydrogens is 249 g/mol. The lowest BCUT2D eigenvalue weighted by molar-refractivity contribution is 0.542. The van der Waals surface area contributed by atoms with Crippen molar-refractivity contribution >= 4 is 11.6 Å². The Morgan fingerprint density at radius 2 is 1.78 bits per heavy atom. The fourth-order valence-corrected chi connectivity index (χ4v) is 2.15. The molecule has 0 aliphatic heterocycles. The molecule has 0 heterocycles. The second kappa shape index (κ2) is 5.09. The van der Waals surface area contributed by atoms with Gasteiger partial charge in [-0.15, -0.1) is 0 Å². The van der Waals surface area contributed by atoms with Crippen LogP contribution in [-0.2, 0) is 5.54 Å². The number of rotatable bonds is 3. The molecule has 2 aromatic carbocycles. The summed E-state index contributed by atoms with van der Waals surface area (Å²) < 4.78 is 13.2. The maximum atomic E-state index is 13.2. The van der Waals surface area contributed by atoms with E-state index in [1.54, 1.807) is 12.1 Å². The SMILES string of the molecule is [CH2]CC(N)(c1ccccc1)c1ccc(F)c(Cl)c1. The fourth-order valence-electron chi connectivity index (χ4n) is 1.96. The fraction of sp³-hybridized carbons (Fsp3) is 0.133. The monoisotopic (exact) mass is 262 g/mol. The first-order chi connectivity index (χ1) is 8.58. The van der Waals surface area contributed by atoms with Crippen LogP contribution in [0.15, 0.2) is 48.5 Å². The third-order valence-electron chi connectivity index (χ3n) is 3.12. The summed E-state index contributed by atoms with van der Waals surface area (Å²) in [6, 6.07) is 14.2. The van der Waals surface area contributed by atoms with Gasteiger partial charge in [0, 0.05) is 0 Å². The van der Waals surface area contributed by atoms with Crippen LogP contribution in [0.3, 0.4) is 0 Å². The van der Waals surface area contributed by atoms with Crippen molar-refractivity contribution in [2.24, 2.45) is 5.73 Å². The summed E-state index contributed by atoms with van der Waals surface area (Å²) in [4.78, 5) is 0. The van der Waals surface area contributed by atoms with Crippen LogP contribution in [0.4, 0.5) is 4.39 Å². The Hall–Kier alpha value is -1.38. The minimum absolute atomic E-state index is 0.0757. The Morgan fingerprint density at radius 3 is 2.33 bits per heavy atom. The lowest BCUT2D eigenvalue weighted by atomic mass is 9.82. The summed E-state index contributed by atoms with van der Waals surface area (Å²) in [5.74, 6) is -0.445. The molecule has 1 unspecified atom stereocenters. The highest BCUT2D eigenvalue weighted by Gasteiger charge is 2.27. The van der Waals surface area contributed by atoms with Crippen molar-refractivity contribution in [3.63, 3.8) is 0 Å². The van der Waals surface area contributed by atoms with Crippen molar-refractivity contribution in [2.45, 2.75) is 12.0 Å². The van der Waals surface area contributed by atoms with E-state index in [4.69, 9.17) is 17.3 Å². The van der Waals surface area contributed by atoms with Gasteiger partial charge in [0.15, 0.2) is 0 Å². The molecule has 0 aliphatic carbocycles. The molecule has 0 amide bonds. The van der Waals surface area contributed by atoms with Gasteiger partial charge in [-0.25, -0.2) is 4.39 Å². The minimum Gasteiger partial charge on any atom is -0.318 e. The van der Waals surface area contributed by atoms with Crippen LogP contribution >= 0.6 is 11.6 Å². The third-order valence-corrected chi connectivity index (χ3v) is 3.41. The summed E-state index contributed by atoms with van der Waals surface area (Å²) >= 11 is 5.81.